The molecule has 2 rings (SSSR count). The summed E-state index contributed by atoms with van der Waals surface area (Å²) in [5.74, 6) is -0.504. The molecule has 108 valence electrons. The number of aromatic hydroxyl groups is 1. The van der Waals surface area contributed by atoms with Gasteiger partial charge in [-0.25, -0.2) is 0 Å². The normalized spacial score (nSPS) is 16.2. The summed E-state index contributed by atoms with van der Waals surface area (Å²) < 4.78 is 0. The summed E-state index contributed by atoms with van der Waals surface area (Å²) in [6.45, 7) is 0.443. The third kappa shape index (κ3) is 2.88. The monoisotopic (exact) mass is 279 g/mol. The van der Waals surface area contributed by atoms with E-state index in [-0.39, 0.29) is 34.9 Å². The van der Waals surface area contributed by atoms with E-state index in [0.29, 0.717) is 6.54 Å². The number of nitrogens with one attached hydrogen (secondary N) is 1. The number of carbonyl (C=O) groups excluding carboxylic acids is 1. The van der Waals surface area contributed by atoms with Gasteiger partial charge < -0.3 is 16.2 Å². The van der Waals surface area contributed by atoms with Crippen LogP contribution in [0.1, 0.15) is 25.7 Å². The van der Waals surface area contributed by atoms with Gasteiger partial charge in [0.1, 0.15) is 11.4 Å². The first-order chi connectivity index (χ1) is 9.46. The number of phenols is 1. The van der Waals surface area contributed by atoms with Gasteiger partial charge >= 0.3 is 0 Å². The molecule has 0 atom stereocenters. The Labute approximate surface area is 115 Å². The van der Waals surface area contributed by atoms with E-state index in [4.69, 9.17) is 5.73 Å². The average Bonchev–Trinajstić information content (AvgIpc) is 2.36. The Morgan fingerprint density at radius 2 is 2.20 bits per heavy atom. The quantitative estimate of drug-likeness (QED) is 0.431. The van der Waals surface area contributed by atoms with Crippen LogP contribution in [0.25, 0.3) is 0 Å². The number of nitrogens with zero attached hydrogens (tertiary/aromatic N) is 1. The van der Waals surface area contributed by atoms with E-state index in [9.17, 15) is 20.0 Å². The standard InChI is InChI=1S/C13H17N3O4/c14-8-13(4-1-5-13)7-12(18)15-10-3-2-9(17)6-11(10)16(19)20/h2-3,6,17H,1,4-5,7-8,14H2,(H,15,18). The molecule has 0 aliphatic heterocycles. The summed E-state index contributed by atoms with van der Waals surface area (Å²) >= 11 is 0. The molecule has 1 aromatic carbocycles. The average molecular weight is 279 g/mol. The van der Waals surface area contributed by atoms with Gasteiger partial charge in [-0.05, 0) is 36.9 Å². The van der Waals surface area contributed by atoms with Crippen LogP contribution in [0.15, 0.2) is 18.2 Å². The number of rotatable bonds is 5. The summed E-state index contributed by atoms with van der Waals surface area (Å²) in [7, 11) is 0. The lowest BCUT2D eigenvalue weighted by atomic mass is 9.66. The Hall–Kier alpha value is -2.15. The fraction of sp³-hybridized carbons (Fsp3) is 0.462. The zero-order valence-electron chi connectivity index (χ0n) is 11.0. The molecule has 7 heteroatoms. The van der Waals surface area contributed by atoms with Crippen molar-refractivity contribution in [2.75, 3.05) is 11.9 Å². The largest absolute Gasteiger partial charge is 0.508 e. The van der Waals surface area contributed by atoms with Gasteiger partial charge in [-0.2, -0.15) is 0 Å². The van der Waals surface area contributed by atoms with Crippen molar-refractivity contribution in [3.8, 4) is 5.75 Å². The van der Waals surface area contributed by atoms with Crippen LogP contribution in [-0.4, -0.2) is 22.5 Å². The molecule has 0 aromatic heterocycles. The Morgan fingerprint density at radius 3 is 2.70 bits per heavy atom. The number of hydrogen-bond acceptors (Lipinski definition) is 5. The fourth-order valence-corrected chi connectivity index (χ4v) is 2.44. The first-order valence-electron chi connectivity index (χ1n) is 6.43. The molecular weight excluding hydrogens is 262 g/mol. The number of nitro groups is 1. The number of anilines is 1. The molecule has 0 saturated heterocycles. The minimum absolute atomic E-state index is 0.0873. The summed E-state index contributed by atoms with van der Waals surface area (Å²) in [5.41, 5.74) is 5.29. The Morgan fingerprint density at radius 1 is 1.50 bits per heavy atom. The highest BCUT2D eigenvalue weighted by Crippen LogP contribution is 2.43. The van der Waals surface area contributed by atoms with Gasteiger partial charge in [0.05, 0.1) is 11.0 Å². The zero-order valence-corrected chi connectivity index (χ0v) is 11.0. The lowest BCUT2D eigenvalue weighted by Gasteiger charge is -2.40. The van der Waals surface area contributed by atoms with Crippen LogP contribution in [-0.2, 0) is 4.79 Å². The molecule has 20 heavy (non-hydrogen) atoms. The molecule has 0 radical (unpaired) electrons. The van der Waals surface area contributed by atoms with Crippen LogP contribution in [0, 0.1) is 15.5 Å². The molecule has 1 fully saturated rings. The van der Waals surface area contributed by atoms with Gasteiger partial charge in [-0.1, -0.05) is 6.42 Å². The molecule has 1 amide bonds. The van der Waals surface area contributed by atoms with Gasteiger partial charge in [0, 0.05) is 6.42 Å². The topological polar surface area (TPSA) is 118 Å². The summed E-state index contributed by atoms with van der Waals surface area (Å²) in [5, 5.41) is 22.7. The lowest BCUT2D eigenvalue weighted by molar-refractivity contribution is -0.384. The highest BCUT2D eigenvalue weighted by atomic mass is 16.6. The highest BCUT2D eigenvalue weighted by Gasteiger charge is 2.37. The number of carbonyl (C=O) groups is 1. The van der Waals surface area contributed by atoms with Crippen molar-refractivity contribution in [3.63, 3.8) is 0 Å². The Bertz CT molecular complexity index is 535. The van der Waals surface area contributed by atoms with Crippen molar-refractivity contribution >= 4 is 17.3 Å². The lowest BCUT2D eigenvalue weighted by Crippen LogP contribution is -2.40. The molecule has 1 saturated carbocycles. The second-order valence-corrected chi connectivity index (χ2v) is 5.24. The van der Waals surface area contributed by atoms with Crippen molar-refractivity contribution < 1.29 is 14.8 Å². The van der Waals surface area contributed by atoms with E-state index in [1.807, 2.05) is 0 Å². The van der Waals surface area contributed by atoms with Gasteiger partial charge in [-0.15, -0.1) is 0 Å². The van der Waals surface area contributed by atoms with Gasteiger partial charge in [0.25, 0.3) is 5.69 Å². The molecular formula is C13H17N3O4. The SMILES string of the molecule is NCC1(CC(=O)Nc2ccc(O)cc2[N+](=O)[O-])CCC1. The maximum atomic E-state index is 12.0. The molecule has 0 spiro atoms. The van der Waals surface area contributed by atoms with Crippen LogP contribution in [0.4, 0.5) is 11.4 Å². The summed E-state index contributed by atoms with van der Waals surface area (Å²) in [4.78, 5) is 22.2. The third-order valence-corrected chi connectivity index (χ3v) is 3.83. The van der Waals surface area contributed by atoms with Crippen molar-refractivity contribution in [2.24, 2.45) is 11.1 Å². The molecule has 1 aromatic rings. The maximum Gasteiger partial charge on any atom is 0.296 e. The van der Waals surface area contributed by atoms with E-state index >= 15 is 0 Å². The number of benzene rings is 1. The molecule has 0 unspecified atom stereocenters. The van der Waals surface area contributed by atoms with Crippen LogP contribution in [0.5, 0.6) is 5.75 Å². The number of nitro benzene ring substituents is 1. The van der Waals surface area contributed by atoms with E-state index < -0.39 is 4.92 Å². The number of nitrogens with two attached hydrogens (primary N) is 1. The second kappa shape index (κ2) is 5.46. The molecule has 0 heterocycles. The van der Waals surface area contributed by atoms with E-state index in [1.54, 1.807) is 0 Å². The van der Waals surface area contributed by atoms with Crippen LogP contribution < -0.4 is 11.1 Å². The Kier molecular flexibility index (Phi) is 3.89. The van der Waals surface area contributed by atoms with Gasteiger partial charge in [-0.3, -0.25) is 14.9 Å². The third-order valence-electron chi connectivity index (χ3n) is 3.83. The van der Waals surface area contributed by atoms with E-state index in [0.717, 1.165) is 25.3 Å². The number of hydrogen-bond donors (Lipinski definition) is 3. The molecule has 0 bridgehead atoms. The minimum atomic E-state index is -0.641. The first-order valence-corrected chi connectivity index (χ1v) is 6.43. The second-order valence-electron chi connectivity index (χ2n) is 5.24. The predicted octanol–water partition coefficient (Wildman–Crippen LogP) is 1.76. The molecule has 1 aliphatic rings. The van der Waals surface area contributed by atoms with Crippen molar-refractivity contribution in [1.29, 1.82) is 0 Å². The Balaban J connectivity index is 2.10. The number of amides is 1. The summed E-state index contributed by atoms with van der Waals surface area (Å²) in [6.07, 6.45) is 3.15. The van der Waals surface area contributed by atoms with Crippen LogP contribution >= 0.6 is 0 Å². The zero-order chi connectivity index (χ0) is 14.8. The molecule has 7 nitrogen and oxygen atoms in total. The highest BCUT2D eigenvalue weighted by molar-refractivity contribution is 5.93. The predicted molar refractivity (Wildman–Crippen MR) is 73.3 cm³/mol. The molecule has 1 aliphatic carbocycles. The van der Waals surface area contributed by atoms with Gasteiger partial charge in [0.15, 0.2) is 0 Å². The van der Waals surface area contributed by atoms with Gasteiger partial charge in [0.2, 0.25) is 5.91 Å². The number of phenolic OH excluding ortho intramolecular Hbond substituents is 1. The van der Waals surface area contributed by atoms with Crippen molar-refractivity contribution in [3.05, 3.63) is 28.3 Å². The first kappa shape index (κ1) is 14.3. The van der Waals surface area contributed by atoms with Crippen LogP contribution in [0.2, 0.25) is 0 Å². The maximum absolute atomic E-state index is 12.0. The van der Waals surface area contributed by atoms with Crippen LogP contribution in [0.3, 0.4) is 0 Å². The minimum Gasteiger partial charge on any atom is -0.508 e. The summed E-state index contributed by atoms with van der Waals surface area (Å²) in [6, 6.07) is 3.63. The fourth-order valence-electron chi connectivity index (χ4n) is 2.44. The van der Waals surface area contributed by atoms with E-state index in [2.05, 4.69) is 5.32 Å². The van der Waals surface area contributed by atoms with E-state index in [1.165, 1.54) is 12.1 Å². The molecule has 4 N–H and O–H groups in total. The van der Waals surface area contributed by atoms with Crippen molar-refractivity contribution in [1.82, 2.24) is 0 Å². The smallest absolute Gasteiger partial charge is 0.296 e. The van der Waals surface area contributed by atoms with Crippen molar-refractivity contribution in [2.45, 2.75) is 25.7 Å².